The number of rotatable bonds is 5. The van der Waals surface area contributed by atoms with Gasteiger partial charge in [0.25, 0.3) is 0 Å². The third-order valence-corrected chi connectivity index (χ3v) is 4.32. The van der Waals surface area contributed by atoms with Gasteiger partial charge in [0.1, 0.15) is 17.4 Å². The molecule has 30 heavy (non-hydrogen) atoms. The van der Waals surface area contributed by atoms with E-state index in [2.05, 4.69) is 15.6 Å². The number of carbonyl (C=O) groups is 1. The van der Waals surface area contributed by atoms with Gasteiger partial charge in [-0.15, -0.1) is 0 Å². The summed E-state index contributed by atoms with van der Waals surface area (Å²) in [5, 5.41) is 5.47. The largest absolute Gasteiger partial charge is 0.497 e. The van der Waals surface area contributed by atoms with Crippen LogP contribution < -0.4 is 21.1 Å². The smallest absolute Gasteiger partial charge is 0.323 e. The number of halogens is 1. The number of nitrogens with zero attached hydrogens (tertiary/aromatic N) is 2. The van der Waals surface area contributed by atoms with E-state index < -0.39 is 25.4 Å². The summed E-state index contributed by atoms with van der Waals surface area (Å²) in [5.41, 5.74) is 6.57. The minimum atomic E-state index is -2.73. The molecule has 0 bridgehead atoms. The van der Waals surface area contributed by atoms with Gasteiger partial charge in [0.2, 0.25) is 0 Å². The van der Waals surface area contributed by atoms with Gasteiger partial charge in [-0.25, -0.2) is 14.2 Å². The van der Waals surface area contributed by atoms with Crippen LogP contribution in [0.2, 0.25) is 0 Å². The summed E-state index contributed by atoms with van der Waals surface area (Å²) >= 11 is 0. The van der Waals surface area contributed by atoms with Crippen LogP contribution in [0.15, 0.2) is 67.0 Å². The van der Waals surface area contributed by atoms with Crippen molar-refractivity contribution in [3.05, 3.63) is 78.4 Å². The fraction of sp³-hybridized carbons (Fsp3) is 0.0909. The van der Waals surface area contributed by atoms with Gasteiger partial charge in [-0.2, -0.15) is 0 Å². The highest BCUT2D eigenvalue weighted by molar-refractivity contribution is 6.05. The molecule has 0 atom stereocenters. The van der Waals surface area contributed by atoms with E-state index in [1.165, 1.54) is 22.9 Å². The summed E-state index contributed by atoms with van der Waals surface area (Å²) in [6.45, 7) is -1.97. The average Bonchev–Trinajstić information content (AvgIpc) is 3.21. The molecule has 0 spiro atoms. The Balaban J connectivity index is 1.59. The Hall–Kier alpha value is -4.07. The summed E-state index contributed by atoms with van der Waals surface area (Å²) in [6.07, 6.45) is 2.96. The number of ether oxygens (including phenoxy) is 1. The first kappa shape index (κ1) is 14.0. The summed E-state index contributed by atoms with van der Waals surface area (Å²) in [7, 11) is -2.73. The number of carbonyl (C=O) groups excluding carboxylic acids is 1. The quantitative estimate of drug-likeness (QED) is 0.453. The number of amides is 2. The molecule has 4 N–H and O–H groups in total. The molecule has 2 aromatic carbocycles. The maximum Gasteiger partial charge on any atom is 0.323 e. The molecule has 0 saturated carbocycles. The molecule has 0 saturated heterocycles. The Morgan fingerprint density at radius 2 is 2.10 bits per heavy atom. The van der Waals surface area contributed by atoms with Crippen molar-refractivity contribution in [2.45, 2.75) is 6.50 Å². The fourth-order valence-electron chi connectivity index (χ4n) is 2.97. The average molecular weight is 410 g/mol. The number of urea groups is 1. The summed E-state index contributed by atoms with van der Waals surface area (Å²) in [4.78, 5) is 16.5. The van der Waals surface area contributed by atoms with Gasteiger partial charge in [-0.05, 0) is 48.0 Å². The molecule has 2 aromatic heterocycles. The molecule has 0 unspecified atom stereocenters. The molecule has 0 fully saturated rings. The molecule has 152 valence electrons. The van der Waals surface area contributed by atoms with Crippen molar-refractivity contribution in [2.24, 2.45) is 0 Å². The minimum Gasteiger partial charge on any atom is -0.497 e. The second-order valence-corrected chi connectivity index (χ2v) is 6.33. The molecule has 0 aliphatic heterocycles. The van der Waals surface area contributed by atoms with E-state index in [1.807, 2.05) is 0 Å². The lowest BCUT2D eigenvalue weighted by atomic mass is 10.2. The van der Waals surface area contributed by atoms with Crippen LogP contribution in [0.4, 0.5) is 26.4 Å². The van der Waals surface area contributed by atoms with Gasteiger partial charge < -0.3 is 25.7 Å². The first-order valence-corrected chi connectivity index (χ1v) is 8.83. The van der Waals surface area contributed by atoms with Crippen LogP contribution in [0.1, 0.15) is 12.4 Å². The first-order valence-electron chi connectivity index (χ1n) is 11.3. The summed E-state index contributed by atoms with van der Waals surface area (Å²) < 4.78 is 59.0. The maximum atomic E-state index is 14.2. The van der Waals surface area contributed by atoms with Crippen LogP contribution in [0, 0.1) is 5.82 Å². The summed E-state index contributed by atoms with van der Waals surface area (Å²) in [5.74, 6) is -0.741. The third kappa shape index (κ3) is 4.02. The van der Waals surface area contributed by atoms with E-state index >= 15 is 0 Å². The molecular formula is C22H20FN5O2. The van der Waals surface area contributed by atoms with E-state index in [0.29, 0.717) is 22.2 Å². The molecule has 0 aliphatic rings. The van der Waals surface area contributed by atoms with Gasteiger partial charge in [0.05, 0.1) is 30.8 Å². The number of nitrogens with one attached hydrogen (secondary N) is 2. The maximum absolute atomic E-state index is 14.2. The van der Waals surface area contributed by atoms with Crippen LogP contribution >= 0.6 is 0 Å². The Morgan fingerprint density at radius 3 is 2.93 bits per heavy atom. The number of benzene rings is 2. The Bertz CT molecular complexity index is 1410. The molecular weight excluding hydrogens is 385 g/mol. The van der Waals surface area contributed by atoms with Crippen molar-refractivity contribution >= 4 is 34.1 Å². The zero-order valence-electron chi connectivity index (χ0n) is 20.5. The van der Waals surface area contributed by atoms with Crippen molar-refractivity contribution in [3.63, 3.8) is 0 Å². The van der Waals surface area contributed by atoms with Gasteiger partial charge in [-0.3, -0.25) is 0 Å². The Labute approximate surface area is 179 Å². The van der Waals surface area contributed by atoms with Crippen LogP contribution in [0.3, 0.4) is 0 Å². The monoisotopic (exact) mass is 410 g/mol. The van der Waals surface area contributed by atoms with Crippen LogP contribution in [-0.4, -0.2) is 22.6 Å². The second-order valence-electron chi connectivity index (χ2n) is 6.33. The zero-order chi connectivity index (χ0) is 25.4. The lowest BCUT2D eigenvalue weighted by molar-refractivity contribution is 0.262. The van der Waals surface area contributed by atoms with Crippen LogP contribution in [0.5, 0.6) is 5.75 Å². The van der Waals surface area contributed by atoms with Crippen molar-refractivity contribution in [1.29, 1.82) is 0 Å². The second kappa shape index (κ2) is 8.12. The highest BCUT2D eigenvalue weighted by Gasteiger charge is 2.12. The van der Waals surface area contributed by atoms with Crippen LogP contribution in [-0.2, 0) is 6.50 Å². The Morgan fingerprint density at radius 1 is 1.23 bits per heavy atom. The molecule has 0 aliphatic carbocycles. The summed E-state index contributed by atoms with van der Waals surface area (Å²) in [6, 6.07) is 11.9. The minimum absolute atomic E-state index is 0.139. The number of nitrogen functional groups attached to an aromatic ring is 1. The van der Waals surface area contributed by atoms with Crippen molar-refractivity contribution in [2.75, 3.05) is 23.4 Å². The fourth-order valence-corrected chi connectivity index (χ4v) is 2.97. The number of fused-ring (bicyclic) bond motifs is 1. The lowest BCUT2D eigenvalue weighted by Crippen LogP contribution is -2.20. The highest BCUT2D eigenvalue weighted by Crippen LogP contribution is 2.26. The van der Waals surface area contributed by atoms with Gasteiger partial charge in [-0.1, -0.05) is 6.07 Å². The molecule has 0 radical (unpaired) electrons. The molecule has 4 rings (SSSR count). The topological polar surface area (TPSA) is 94.2 Å². The number of methoxy groups -OCH3 is 1. The number of nitrogens with two attached hydrogens (primary N) is 1. The standard InChI is InChI=1S/C22H20FN5O2/c1-30-15-5-6-17(23)19(12-15)27-22(29)26-18-3-2-4-20-16(18)8-10-28(20)13-14-7-9-25-21(24)11-14/h2-12H,13H2,1H3,(H2,24,25)(H2,26,27,29)/i1D3,13D2. The van der Waals surface area contributed by atoms with Gasteiger partial charge >= 0.3 is 6.03 Å². The number of aromatic nitrogens is 2. The van der Waals surface area contributed by atoms with Crippen molar-refractivity contribution in [3.8, 4) is 5.75 Å². The molecule has 7 nitrogen and oxygen atoms in total. The predicted octanol–water partition coefficient (Wildman–Crippen LogP) is 4.46. The first-order chi connectivity index (χ1) is 16.4. The number of pyridine rings is 1. The van der Waals surface area contributed by atoms with E-state index in [4.69, 9.17) is 17.3 Å². The van der Waals surface area contributed by atoms with E-state index in [1.54, 1.807) is 30.5 Å². The number of hydrogen-bond donors (Lipinski definition) is 3. The van der Waals surface area contributed by atoms with E-state index in [0.717, 1.165) is 18.2 Å². The Kier molecular flexibility index (Phi) is 3.79. The van der Waals surface area contributed by atoms with Crippen molar-refractivity contribution in [1.82, 2.24) is 9.55 Å². The van der Waals surface area contributed by atoms with Crippen LogP contribution in [0.25, 0.3) is 10.9 Å². The molecule has 8 heteroatoms. The van der Waals surface area contributed by atoms with E-state index in [9.17, 15) is 9.18 Å². The molecule has 2 amide bonds. The van der Waals surface area contributed by atoms with Crippen molar-refractivity contribution < 1.29 is 20.8 Å². The normalized spacial score (nSPS) is 14.1. The zero-order valence-corrected chi connectivity index (χ0v) is 15.5. The molecule has 4 aromatic rings. The molecule has 2 heterocycles. The van der Waals surface area contributed by atoms with E-state index in [-0.39, 0.29) is 17.3 Å². The number of hydrogen-bond acceptors (Lipinski definition) is 4. The SMILES string of the molecule is [2H]C([2H])([2H])Oc1ccc(F)c(NC(=O)Nc2cccc3c2ccn3C([2H])([2H])c2ccnc(N)c2)c1. The predicted molar refractivity (Wildman–Crippen MR) is 115 cm³/mol. The number of anilines is 3. The van der Waals surface area contributed by atoms with Gasteiger partial charge in [0, 0.05) is 30.3 Å². The third-order valence-electron chi connectivity index (χ3n) is 4.32. The van der Waals surface area contributed by atoms with Gasteiger partial charge in [0.15, 0.2) is 0 Å². The lowest BCUT2D eigenvalue weighted by Gasteiger charge is -2.11. The highest BCUT2D eigenvalue weighted by atomic mass is 19.1.